The number of nitrogens with zero attached hydrogens (tertiary/aromatic N) is 2. The molecular formula is C12H12N4O4. The summed E-state index contributed by atoms with van der Waals surface area (Å²) in [7, 11) is 1.37. The molecule has 0 unspecified atom stereocenters. The molecular weight excluding hydrogens is 264 g/mol. The number of methoxy groups -OCH3 is 1. The molecule has 0 radical (unpaired) electrons. The van der Waals surface area contributed by atoms with Gasteiger partial charge in [0.05, 0.1) is 0 Å². The van der Waals surface area contributed by atoms with E-state index in [1.54, 1.807) is 18.3 Å². The van der Waals surface area contributed by atoms with Crippen molar-refractivity contribution in [2.24, 2.45) is 5.73 Å². The number of carbonyl (C=O) groups excluding carboxylic acids is 2. The third-order valence-electron chi connectivity index (χ3n) is 2.40. The maximum absolute atomic E-state index is 11.5. The topological polar surface area (TPSA) is 120 Å². The molecule has 0 saturated heterocycles. The van der Waals surface area contributed by atoms with Crippen LogP contribution in [0.1, 0.15) is 10.4 Å². The van der Waals surface area contributed by atoms with E-state index < -0.39 is 11.8 Å². The second-order valence-electron chi connectivity index (χ2n) is 3.82. The Balaban J connectivity index is 2.38. The third-order valence-corrected chi connectivity index (χ3v) is 2.40. The van der Waals surface area contributed by atoms with Crippen LogP contribution in [0.15, 0.2) is 29.0 Å². The minimum absolute atomic E-state index is 0.0116. The van der Waals surface area contributed by atoms with Gasteiger partial charge in [0.15, 0.2) is 0 Å². The van der Waals surface area contributed by atoms with E-state index in [4.69, 9.17) is 10.3 Å². The van der Waals surface area contributed by atoms with Crippen LogP contribution in [0.25, 0.3) is 11.3 Å². The first kappa shape index (κ1) is 13.7. The molecule has 2 heterocycles. The normalized spacial score (nSPS) is 10.2. The van der Waals surface area contributed by atoms with Crippen molar-refractivity contribution in [3.05, 3.63) is 30.1 Å². The van der Waals surface area contributed by atoms with E-state index in [2.05, 4.69) is 20.2 Å². The van der Waals surface area contributed by atoms with Crippen LogP contribution in [0.2, 0.25) is 0 Å². The average Bonchev–Trinajstić information content (AvgIpc) is 2.83. The Hall–Kier alpha value is -2.74. The Labute approximate surface area is 113 Å². The van der Waals surface area contributed by atoms with Gasteiger partial charge in [-0.05, 0) is 12.1 Å². The van der Waals surface area contributed by atoms with Gasteiger partial charge >= 0.3 is 0 Å². The highest BCUT2D eigenvalue weighted by Crippen LogP contribution is 2.27. The molecule has 8 heteroatoms. The average molecular weight is 276 g/mol. The molecule has 3 N–H and O–H groups in total. The number of primary amides is 1. The molecule has 2 aromatic rings. The van der Waals surface area contributed by atoms with Crippen molar-refractivity contribution in [2.75, 3.05) is 19.0 Å². The largest absolute Gasteiger partial charge is 0.375 e. The highest BCUT2D eigenvalue weighted by molar-refractivity contribution is 6.06. The maximum atomic E-state index is 11.5. The minimum atomic E-state index is -0.766. The van der Waals surface area contributed by atoms with Gasteiger partial charge in [0.25, 0.3) is 11.8 Å². The fraction of sp³-hybridized carbons (Fsp3) is 0.167. The summed E-state index contributed by atoms with van der Waals surface area (Å²) in [6, 6.07) is 3.37. The lowest BCUT2D eigenvalue weighted by Crippen LogP contribution is -2.20. The van der Waals surface area contributed by atoms with Crippen molar-refractivity contribution in [3.63, 3.8) is 0 Å². The number of nitrogens with two attached hydrogens (primary N) is 1. The van der Waals surface area contributed by atoms with Crippen molar-refractivity contribution >= 4 is 17.7 Å². The van der Waals surface area contributed by atoms with Gasteiger partial charge in [-0.25, -0.2) is 0 Å². The summed E-state index contributed by atoms with van der Waals surface area (Å²) in [4.78, 5) is 26.9. The second-order valence-corrected chi connectivity index (χ2v) is 3.82. The molecule has 2 amide bonds. The number of ether oxygens (including phenoxy) is 1. The minimum Gasteiger partial charge on any atom is -0.375 e. The zero-order valence-corrected chi connectivity index (χ0v) is 10.6. The van der Waals surface area contributed by atoms with Gasteiger partial charge in [0, 0.05) is 25.1 Å². The third kappa shape index (κ3) is 2.81. The number of hydrogen-bond acceptors (Lipinski definition) is 6. The summed E-state index contributed by atoms with van der Waals surface area (Å²) in [5, 5.41) is 6.12. The monoisotopic (exact) mass is 276 g/mol. The second kappa shape index (κ2) is 5.93. The highest BCUT2D eigenvalue weighted by Gasteiger charge is 2.23. The predicted octanol–water partition coefficient (Wildman–Crippen LogP) is 0.420. The van der Waals surface area contributed by atoms with Crippen LogP contribution in [0.3, 0.4) is 0 Å². The Bertz CT molecular complexity index is 624. The molecule has 0 spiro atoms. The highest BCUT2D eigenvalue weighted by atomic mass is 16.5. The first-order chi connectivity index (χ1) is 9.63. The number of pyridine rings is 1. The molecule has 2 aromatic heterocycles. The standard InChI is InChI=1S/C12H12N4O4/c1-19-6-8(17)15-12-9(11(13)18)10(16-20-12)7-3-2-4-14-5-7/h2-5H,6H2,1H3,(H2,13,18)(H,15,17). The molecule has 0 bridgehead atoms. The molecule has 20 heavy (non-hydrogen) atoms. The lowest BCUT2D eigenvalue weighted by molar-refractivity contribution is -0.119. The van der Waals surface area contributed by atoms with Crippen molar-refractivity contribution in [1.29, 1.82) is 0 Å². The number of carbonyl (C=O) groups is 2. The van der Waals surface area contributed by atoms with Gasteiger partial charge in [-0.15, -0.1) is 0 Å². The summed E-state index contributed by atoms with van der Waals surface area (Å²) in [5.74, 6) is -1.36. The lowest BCUT2D eigenvalue weighted by Gasteiger charge is -2.02. The van der Waals surface area contributed by atoms with Crippen LogP contribution < -0.4 is 11.1 Å². The Morgan fingerprint density at radius 1 is 1.50 bits per heavy atom. The number of anilines is 1. The Morgan fingerprint density at radius 3 is 2.90 bits per heavy atom. The first-order valence-electron chi connectivity index (χ1n) is 5.62. The number of nitrogens with one attached hydrogen (secondary N) is 1. The van der Waals surface area contributed by atoms with Gasteiger partial charge in [0.2, 0.25) is 5.88 Å². The van der Waals surface area contributed by atoms with Gasteiger partial charge in [0.1, 0.15) is 17.9 Å². The molecule has 0 saturated carbocycles. The molecule has 0 atom stereocenters. The number of aromatic nitrogens is 2. The van der Waals surface area contributed by atoms with E-state index in [-0.39, 0.29) is 23.7 Å². The number of rotatable bonds is 5. The fourth-order valence-electron chi connectivity index (χ4n) is 1.60. The Morgan fingerprint density at radius 2 is 2.30 bits per heavy atom. The number of amides is 2. The quantitative estimate of drug-likeness (QED) is 0.816. The molecule has 104 valence electrons. The van der Waals surface area contributed by atoms with Gasteiger partial charge in [-0.3, -0.25) is 19.9 Å². The van der Waals surface area contributed by atoms with Crippen molar-refractivity contribution in [2.45, 2.75) is 0 Å². The van der Waals surface area contributed by atoms with Crippen LogP contribution in [0.5, 0.6) is 0 Å². The maximum Gasteiger partial charge on any atom is 0.256 e. The van der Waals surface area contributed by atoms with Crippen LogP contribution in [0.4, 0.5) is 5.88 Å². The molecule has 2 rings (SSSR count). The van der Waals surface area contributed by atoms with Crippen molar-refractivity contribution in [3.8, 4) is 11.3 Å². The summed E-state index contributed by atoms with van der Waals surface area (Å²) < 4.78 is 9.63. The molecule has 0 aliphatic rings. The van der Waals surface area contributed by atoms with E-state index >= 15 is 0 Å². The Kier molecular flexibility index (Phi) is 4.06. The van der Waals surface area contributed by atoms with Crippen molar-refractivity contribution < 1.29 is 18.8 Å². The molecule has 8 nitrogen and oxygen atoms in total. The lowest BCUT2D eigenvalue weighted by atomic mass is 10.1. The molecule has 0 fully saturated rings. The predicted molar refractivity (Wildman–Crippen MR) is 68.8 cm³/mol. The van der Waals surface area contributed by atoms with Crippen LogP contribution >= 0.6 is 0 Å². The molecule has 0 aromatic carbocycles. The zero-order valence-electron chi connectivity index (χ0n) is 10.6. The first-order valence-corrected chi connectivity index (χ1v) is 5.62. The van der Waals surface area contributed by atoms with E-state index in [0.29, 0.717) is 5.56 Å². The van der Waals surface area contributed by atoms with Gasteiger partial charge < -0.3 is 15.0 Å². The smallest absolute Gasteiger partial charge is 0.256 e. The molecule has 0 aliphatic heterocycles. The summed E-state index contributed by atoms with van der Waals surface area (Å²) >= 11 is 0. The number of hydrogen-bond donors (Lipinski definition) is 2. The van der Waals surface area contributed by atoms with Crippen LogP contribution in [-0.2, 0) is 9.53 Å². The van der Waals surface area contributed by atoms with Crippen LogP contribution in [0, 0.1) is 0 Å². The summed E-state index contributed by atoms with van der Waals surface area (Å²) in [6.07, 6.45) is 3.08. The molecule has 0 aliphatic carbocycles. The zero-order chi connectivity index (χ0) is 14.5. The van der Waals surface area contributed by atoms with E-state index in [1.807, 2.05) is 0 Å². The van der Waals surface area contributed by atoms with Gasteiger partial charge in [-0.2, -0.15) is 0 Å². The van der Waals surface area contributed by atoms with E-state index in [0.717, 1.165) is 0 Å². The SMILES string of the molecule is COCC(=O)Nc1onc(-c2cccnc2)c1C(N)=O. The van der Waals surface area contributed by atoms with Crippen molar-refractivity contribution in [1.82, 2.24) is 10.1 Å². The van der Waals surface area contributed by atoms with E-state index in [1.165, 1.54) is 13.3 Å². The van der Waals surface area contributed by atoms with Crippen LogP contribution in [-0.4, -0.2) is 35.7 Å². The van der Waals surface area contributed by atoms with E-state index in [9.17, 15) is 9.59 Å². The fourth-order valence-corrected chi connectivity index (χ4v) is 1.60. The summed E-state index contributed by atoms with van der Waals surface area (Å²) in [6.45, 7) is -0.179. The van der Waals surface area contributed by atoms with Gasteiger partial charge in [-0.1, -0.05) is 5.16 Å². The summed E-state index contributed by atoms with van der Waals surface area (Å²) in [5.41, 5.74) is 6.07.